The molecule has 0 radical (unpaired) electrons. The largest absolute Gasteiger partial charge is 0.493 e. The lowest BCUT2D eigenvalue weighted by Gasteiger charge is -2.26. The van der Waals surface area contributed by atoms with E-state index in [1.807, 2.05) is 6.92 Å². The average Bonchev–Trinajstić information content (AvgIpc) is 2.68. The van der Waals surface area contributed by atoms with Crippen LogP contribution >= 0.6 is 27.5 Å². The van der Waals surface area contributed by atoms with Crippen molar-refractivity contribution in [2.24, 2.45) is 0 Å². The van der Waals surface area contributed by atoms with Crippen molar-refractivity contribution < 1.29 is 23.9 Å². The number of ether oxygens (including phenoxy) is 2. The Hall–Kier alpha value is -2.84. The summed E-state index contributed by atoms with van der Waals surface area (Å²) in [4.78, 5) is 38.4. The van der Waals surface area contributed by atoms with E-state index in [-0.39, 0.29) is 5.57 Å². The second kappa shape index (κ2) is 8.67. The molecular formula is C20H16BrClN2O5. The number of methoxy groups -OCH3 is 1. The van der Waals surface area contributed by atoms with Crippen molar-refractivity contribution in [2.75, 3.05) is 18.6 Å². The van der Waals surface area contributed by atoms with Crippen LogP contribution in [0.2, 0.25) is 5.02 Å². The molecule has 0 unspecified atom stereocenters. The third kappa shape index (κ3) is 4.28. The molecule has 4 amide bonds. The minimum atomic E-state index is -0.830. The Morgan fingerprint density at radius 1 is 1.14 bits per heavy atom. The summed E-state index contributed by atoms with van der Waals surface area (Å²) in [6.45, 7) is 2.24. The third-order valence-electron chi connectivity index (χ3n) is 4.07. The SMILES string of the molecule is CCOc1cc(/C=C2/C(=O)NC(=O)N(c3ccc(Cl)cc3)C2=O)c(Br)cc1OC. The predicted molar refractivity (Wildman–Crippen MR) is 112 cm³/mol. The Labute approximate surface area is 180 Å². The van der Waals surface area contributed by atoms with E-state index in [2.05, 4.69) is 21.2 Å². The first-order valence-corrected chi connectivity index (χ1v) is 9.70. The molecule has 9 heteroatoms. The van der Waals surface area contributed by atoms with Crippen LogP contribution in [0.3, 0.4) is 0 Å². The van der Waals surface area contributed by atoms with Crippen LogP contribution in [-0.4, -0.2) is 31.6 Å². The maximum atomic E-state index is 13.0. The number of amides is 4. The number of benzene rings is 2. The number of carbonyl (C=O) groups is 3. The Bertz CT molecular complexity index is 1020. The number of imide groups is 2. The molecule has 29 heavy (non-hydrogen) atoms. The Balaban J connectivity index is 2.05. The van der Waals surface area contributed by atoms with Gasteiger partial charge in [-0.3, -0.25) is 14.9 Å². The van der Waals surface area contributed by atoms with Gasteiger partial charge >= 0.3 is 6.03 Å². The van der Waals surface area contributed by atoms with Gasteiger partial charge in [-0.1, -0.05) is 27.5 Å². The highest BCUT2D eigenvalue weighted by molar-refractivity contribution is 9.10. The summed E-state index contributed by atoms with van der Waals surface area (Å²) in [6, 6.07) is 8.61. The van der Waals surface area contributed by atoms with Gasteiger partial charge in [0.1, 0.15) is 5.57 Å². The Morgan fingerprint density at radius 2 is 1.83 bits per heavy atom. The molecule has 2 aromatic carbocycles. The van der Waals surface area contributed by atoms with Crippen LogP contribution in [0, 0.1) is 0 Å². The van der Waals surface area contributed by atoms with Gasteiger partial charge in [0, 0.05) is 9.50 Å². The number of barbiturate groups is 1. The minimum absolute atomic E-state index is 0.201. The molecule has 1 aliphatic heterocycles. The van der Waals surface area contributed by atoms with Gasteiger partial charge in [0.05, 0.1) is 19.4 Å². The fourth-order valence-electron chi connectivity index (χ4n) is 2.73. The van der Waals surface area contributed by atoms with E-state index in [4.69, 9.17) is 21.1 Å². The van der Waals surface area contributed by atoms with Gasteiger partial charge in [0.25, 0.3) is 11.8 Å². The summed E-state index contributed by atoms with van der Waals surface area (Å²) in [6.07, 6.45) is 1.39. The highest BCUT2D eigenvalue weighted by atomic mass is 79.9. The third-order valence-corrected chi connectivity index (χ3v) is 5.01. The lowest BCUT2D eigenvalue weighted by atomic mass is 10.1. The summed E-state index contributed by atoms with van der Waals surface area (Å²) in [5, 5.41) is 2.63. The van der Waals surface area contributed by atoms with Crippen molar-refractivity contribution in [1.82, 2.24) is 5.32 Å². The summed E-state index contributed by atoms with van der Waals surface area (Å²) < 4.78 is 11.4. The van der Waals surface area contributed by atoms with Crippen molar-refractivity contribution >= 4 is 57.1 Å². The zero-order valence-electron chi connectivity index (χ0n) is 15.5. The lowest BCUT2D eigenvalue weighted by molar-refractivity contribution is -0.122. The van der Waals surface area contributed by atoms with Crippen LogP contribution in [0.4, 0.5) is 10.5 Å². The number of hydrogen-bond donors (Lipinski definition) is 1. The van der Waals surface area contributed by atoms with Gasteiger partial charge in [-0.2, -0.15) is 0 Å². The molecule has 0 bridgehead atoms. The molecule has 0 saturated carbocycles. The Kier molecular flexibility index (Phi) is 6.24. The average molecular weight is 480 g/mol. The fourth-order valence-corrected chi connectivity index (χ4v) is 3.29. The second-order valence-electron chi connectivity index (χ2n) is 5.89. The zero-order valence-corrected chi connectivity index (χ0v) is 17.8. The Morgan fingerprint density at radius 3 is 2.45 bits per heavy atom. The van der Waals surface area contributed by atoms with E-state index in [0.717, 1.165) is 4.90 Å². The van der Waals surface area contributed by atoms with Crippen molar-refractivity contribution in [3.8, 4) is 11.5 Å². The highest BCUT2D eigenvalue weighted by Crippen LogP contribution is 2.35. The molecule has 1 fully saturated rings. The predicted octanol–water partition coefficient (Wildman–Crippen LogP) is 4.18. The number of carbonyl (C=O) groups excluding carboxylic acids is 3. The van der Waals surface area contributed by atoms with E-state index < -0.39 is 17.8 Å². The van der Waals surface area contributed by atoms with Crippen LogP contribution in [-0.2, 0) is 9.59 Å². The molecule has 2 aromatic rings. The van der Waals surface area contributed by atoms with Gasteiger partial charge in [-0.25, -0.2) is 9.69 Å². The summed E-state index contributed by atoms with van der Waals surface area (Å²) in [5.41, 5.74) is 0.602. The molecule has 0 aliphatic carbocycles. The smallest absolute Gasteiger partial charge is 0.335 e. The molecule has 1 saturated heterocycles. The van der Waals surface area contributed by atoms with E-state index in [1.54, 1.807) is 24.3 Å². The van der Waals surface area contributed by atoms with Crippen LogP contribution < -0.4 is 19.7 Å². The second-order valence-corrected chi connectivity index (χ2v) is 7.18. The molecule has 1 N–H and O–H groups in total. The number of rotatable bonds is 5. The molecule has 0 aromatic heterocycles. The first-order chi connectivity index (χ1) is 13.8. The fraction of sp³-hybridized carbons (Fsp3) is 0.150. The maximum absolute atomic E-state index is 13.0. The van der Waals surface area contributed by atoms with Crippen LogP contribution in [0.1, 0.15) is 12.5 Å². The van der Waals surface area contributed by atoms with Crippen LogP contribution in [0.25, 0.3) is 6.08 Å². The van der Waals surface area contributed by atoms with E-state index in [9.17, 15) is 14.4 Å². The van der Waals surface area contributed by atoms with Gasteiger partial charge in [0.15, 0.2) is 11.5 Å². The topological polar surface area (TPSA) is 84.9 Å². The molecule has 150 valence electrons. The summed E-state index contributed by atoms with van der Waals surface area (Å²) in [7, 11) is 1.51. The van der Waals surface area contributed by atoms with Crippen molar-refractivity contribution in [3.63, 3.8) is 0 Å². The van der Waals surface area contributed by atoms with Crippen LogP contribution in [0.15, 0.2) is 46.4 Å². The number of anilines is 1. The summed E-state index contributed by atoms with van der Waals surface area (Å²) >= 11 is 9.27. The number of nitrogens with one attached hydrogen (secondary N) is 1. The van der Waals surface area contributed by atoms with Crippen molar-refractivity contribution in [2.45, 2.75) is 6.92 Å². The quantitative estimate of drug-likeness (QED) is 0.514. The van der Waals surface area contributed by atoms with E-state index >= 15 is 0 Å². The van der Waals surface area contributed by atoms with Gasteiger partial charge < -0.3 is 9.47 Å². The number of urea groups is 1. The first kappa shape index (κ1) is 20.9. The standard InChI is InChI=1S/C20H16BrClN2O5/c1-3-29-17-9-11(15(21)10-16(17)28-2)8-14-18(25)23-20(27)24(19(14)26)13-6-4-12(22)5-7-13/h4-10H,3H2,1-2H3,(H,23,25,27)/b14-8-. The van der Waals surface area contributed by atoms with Gasteiger partial charge in [0.2, 0.25) is 0 Å². The molecule has 1 heterocycles. The molecule has 1 aliphatic rings. The van der Waals surface area contributed by atoms with Gasteiger partial charge in [-0.05, 0) is 55.0 Å². The van der Waals surface area contributed by atoms with Crippen molar-refractivity contribution in [1.29, 1.82) is 0 Å². The normalized spacial score (nSPS) is 15.5. The number of halogens is 2. The summed E-state index contributed by atoms with van der Waals surface area (Å²) in [5.74, 6) is -0.578. The molecular weight excluding hydrogens is 464 g/mol. The van der Waals surface area contributed by atoms with Crippen molar-refractivity contribution in [3.05, 3.63) is 57.0 Å². The molecule has 0 atom stereocenters. The maximum Gasteiger partial charge on any atom is 0.335 e. The zero-order chi connectivity index (χ0) is 21.1. The van der Waals surface area contributed by atoms with E-state index in [1.165, 1.54) is 25.3 Å². The number of nitrogens with zero attached hydrogens (tertiary/aromatic N) is 1. The molecule has 0 spiro atoms. The number of hydrogen-bond acceptors (Lipinski definition) is 5. The first-order valence-electron chi connectivity index (χ1n) is 8.53. The lowest BCUT2D eigenvalue weighted by Crippen LogP contribution is -2.54. The highest BCUT2D eigenvalue weighted by Gasteiger charge is 2.37. The minimum Gasteiger partial charge on any atom is -0.493 e. The molecule has 7 nitrogen and oxygen atoms in total. The van der Waals surface area contributed by atoms with Gasteiger partial charge in [-0.15, -0.1) is 0 Å². The molecule has 3 rings (SSSR count). The monoisotopic (exact) mass is 478 g/mol. The van der Waals surface area contributed by atoms with E-state index in [0.29, 0.717) is 38.9 Å². The van der Waals surface area contributed by atoms with Crippen LogP contribution in [0.5, 0.6) is 11.5 Å².